The van der Waals surface area contributed by atoms with Gasteiger partial charge >= 0.3 is 0 Å². The lowest BCUT2D eigenvalue weighted by Gasteiger charge is -2.30. The highest BCUT2D eigenvalue weighted by Gasteiger charge is 2.26. The fraction of sp³-hybridized carbons (Fsp3) is 0.760. The summed E-state index contributed by atoms with van der Waals surface area (Å²) in [6, 6.07) is 1.32. The van der Waals surface area contributed by atoms with Gasteiger partial charge in [-0.2, -0.15) is 0 Å². The molecule has 0 saturated carbocycles. The van der Waals surface area contributed by atoms with E-state index >= 15 is 0 Å². The third-order valence-electron chi connectivity index (χ3n) is 6.44. The smallest absolute Gasteiger partial charge is 0.199 e. The van der Waals surface area contributed by atoms with Gasteiger partial charge in [0.15, 0.2) is 12.6 Å². The molecule has 2 aliphatic rings. The zero-order chi connectivity index (χ0) is 21.7. The monoisotopic (exact) mass is 434 g/mol. The Hall–Kier alpha value is -1.04. The van der Waals surface area contributed by atoms with Crippen molar-refractivity contribution in [2.24, 2.45) is 0 Å². The van der Waals surface area contributed by atoms with E-state index < -0.39 is 8.07 Å². The molecule has 1 aromatic rings. The van der Waals surface area contributed by atoms with Crippen molar-refractivity contribution in [1.29, 1.82) is 0 Å². The topological polar surface area (TPSA) is 36.9 Å². The summed E-state index contributed by atoms with van der Waals surface area (Å²) in [5, 5.41) is 0. The molecule has 0 spiro atoms. The minimum atomic E-state index is -1.08. The molecular weight excluding hydrogens is 392 g/mol. The molecule has 5 heteroatoms. The van der Waals surface area contributed by atoms with E-state index in [1.54, 1.807) is 0 Å². The quantitative estimate of drug-likeness (QED) is 0.427. The number of rotatable bonds is 8. The molecule has 0 aromatic heterocycles. The Morgan fingerprint density at radius 2 is 1.30 bits per heavy atom. The molecule has 30 heavy (non-hydrogen) atoms. The van der Waals surface area contributed by atoms with Gasteiger partial charge in [0.05, 0.1) is 13.2 Å². The summed E-state index contributed by atoms with van der Waals surface area (Å²) in [5.74, 6) is 2.03. The Balaban J connectivity index is 1.90. The van der Waals surface area contributed by atoms with Crippen LogP contribution in [0.5, 0.6) is 11.5 Å². The third kappa shape index (κ3) is 6.24. The fourth-order valence-corrected chi connectivity index (χ4v) is 5.70. The second-order valence-electron chi connectivity index (χ2n) is 10.3. The lowest BCUT2D eigenvalue weighted by molar-refractivity contribution is -0.108. The number of hydrogen-bond donors (Lipinski definition) is 0. The summed E-state index contributed by atoms with van der Waals surface area (Å²) in [7, 11) is -1.08. The zero-order valence-corrected chi connectivity index (χ0v) is 21.1. The fourth-order valence-electron chi connectivity index (χ4n) is 4.46. The van der Waals surface area contributed by atoms with Gasteiger partial charge in [-0.05, 0) is 69.6 Å². The van der Waals surface area contributed by atoms with Gasteiger partial charge in [-0.3, -0.25) is 0 Å². The zero-order valence-electron chi connectivity index (χ0n) is 20.1. The first-order chi connectivity index (χ1) is 14.3. The Morgan fingerprint density at radius 1 is 0.767 bits per heavy atom. The van der Waals surface area contributed by atoms with E-state index in [1.165, 1.54) is 47.6 Å². The lowest BCUT2D eigenvalue weighted by atomic mass is 9.94. The predicted octanol–water partition coefficient (Wildman–Crippen LogP) is 6.69. The summed E-state index contributed by atoms with van der Waals surface area (Å²) in [6.45, 7) is 15.5. The first-order valence-corrected chi connectivity index (χ1v) is 15.7. The van der Waals surface area contributed by atoms with Gasteiger partial charge in [-0.15, -0.1) is 0 Å². The van der Waals surface area contributed by atoms with E-state index in [0.29, 0.717) is 0 Å². The Kier molecular flexibility index (Phi) is 8.28. The van der Waals surface area contributed by atoms with Crippen molar-refractivity contribution in [2.45, 2.75) is 110 Å². The van der Waals surface area contributed by atoms with Gasteiger partial charge in [0, 0.05) is 26.5 Å². The van der Waals surface area contributed by atoms with E-state index in [1.807, 2.05) is 0 Å². The summed E-state index contributed by atoms with van der Waals surface area (Å²) in [5.41, 5.74) is 4.87. The van der Waals surface area contributed by atoms with Gasteiger partial charge in [-0.1, -0.05) is 32.1 Å². The summed E-state index contributed by atoms with van der Waals surface area (Å²) < 4.78 is 24.7. The molecule has 4 nitrogen and oxygen atoms in total. The average molecular weight is 435 g/mol. The molecule has 0 amide bonds. The van der Waals surface area contributed by atoms with Crippen molar-refractivity contribution in [1.82, 2.24) is 0 Å². The maximum absolute atomic E-state index is 6.51. The van der Waals surface area contributed by atoms with Crippen molar-refractivity contribution >= 4 is 8.07 Å². The predicted molar refractivity (Wildman–Crippen MR) is 126 cm³/mol. The largest absolute Gasteiger partial charge is 0.464 e. The van der Waals surface area contributed by atoms with Gasteiger partial charge in [0.25, 0.3) is 0 Å². The van der Waals surface area contributed by atoms with Gasteiger partial charge in [0.2, 0.25) is 0 Å². The van der Waals surface area contributed by atoms with Crippen LogP contribution in [0.4, 0.5) is 0 Å². The van der Waals surface area contributed by atoms with Crippen LogP contribution in [0.25, 0.3) is 0 Å². The summed E-state index contributed by atoms with van der Waals surface area (Å²) in [4.78, 5) is 0. The molecule has 2 heterocycles. The van der Waals surface area contributed by atoms with Crippen LogP contribution in [0.15, 0.2) is 0 Å². The van der Waals surface area contributed by atoms with E-state index in [4.69, 9.17) is 18.9 Å². The van der Waals surface area contributed by atoms with E-state index in [2.05, 4.69) is 40.4 Å². The highest BCUT2D eigenvalue weighted by atomic mass is 28.3. The normalized spacial score (nSPS) is 22.7. The molecule has 0 radical (unpaired) electrons. The van der Waals surface area contributed by atoms with Crippen LogP contribution in [0, 0.1) is 20.8 Å². The van der Waals surface area contributed by atoms with E-state index in [0.717, 1.165) is 56.8 Å². The maximum Gasteiger partial charge on any atom is 0.199 e. The van der Waals surface area contributed by atoms with Crippen LogP contribution in [0.2, 0.25) is 25.7 Å². The van der Waals surface area contributed by atoms with Crippen molar-refractivity contribution < 1.29 is 18.9 Å². The van der Waals surface area contributed by atoms with Crippen LogP contribution < -0.4 is 9.47 Å². The van der Waals surface area contributed by atoms with Gasteiger partial charge in [-0.25, -0.2) is 0 Å². The molecule has 2 atom stereocenters. The lowest BCUT2D eigenvalue weighted by Crippen LogP contribution is -2.27. The van der Waals surface area contributed by atoms with Crippen LogP contribution in [0.1, 0.15) is 67.2 Å². The molecule has 3 rings (SSSR count). The van der Waals surface area contributed by atoms with E-state index in [9.17, 15) is 0 Å². The highest BCUT2D eigenvalue weighted by Crippen LogP contribution is 2.41. The van der Waals surface area contributed by atoms with Crippen molar-refractivity contribution in [3.8, 4) is 11.5 Å². The average Bonchev–Trinajstić information content (AvgIpc) is 2.72. The molecular formula is C25H42O4Si. The molecule has 2 unspecified atom stereocenters. The van der Waals surface area contributed by atoms with Gasteiger partial charge < -0.3 is 18.9 Å². The van der Waals surface area contributed by atoms with Crippen LogP contribution in [-0.2, 0) is 15.9 Å². The van der Waals surface area contributed by atoms with Crippen molar-refractivity contribution in [3.05, 3.63) is 22.3 Å². The van der Waals surface area contributed by atoms with E-state index in [-0.39, 0.29) is 12.6 Å². The minimum Gasteiger partial charge on any atom is -0.464 e. The van der Waals surface area contributed by atoms with Crippen LogP contribution in [0.3, 0.4) is 0 Å². The second-order valence-corrected chi connectivity index (χ2v) is 15.9. The molecule has 0 bridgehead atoms. The standard InChI is InChI=1S/C25H42O4Si/c1-18-19(2)25(29-23-14-8-10-16-27-23)21(12-11-17-30(4,5)6)20(3)24(18)28-22-13-7-9-15-26-22/h22-23H,7-17H2,1-6H3. The molecule has 2 saturated heterocycles. The highest BCUT2D eigenvalue weighted by molar-refractivity contribution is 6.76. The first-order valence-electron chi connectivity index (χ1n) is 12.0. The number of benzene rings is 1. The summed E-state index contributed by atoms with van der Waals surface area (Å²) >= 11 is 0. The summed E-state index contributed by atoms with van der Waals surface area (Å²) in [6.07, 6.45) is 8.52. The minimum absolute atomic E-state index is 0.125. The molecule has 2 aliphatic heterocycles. The maximum atomic E-state index is 6.51. The molecule has 0 aliphatic carbocycles. The number of hydrogen-bond acceptors (Lipinski definition) is 4. The Labute approximate surface area is 184 Å². The molecule has 2 fully saturated rings. The molecule has 170 valence electrons. The Morgan fingerprint density at radius 3 is 1.80 bits per heavy atom. The number of ether oxygens (including phenoxy) is 4. The van der Waals surface area contributed by atoms with Crippen LogP contribution >= 0.6 is 0 Å². The first kappa shape index (κ1) is 23.6. The molecule has 1 aromatic carbocycles. The van der Waals surface area contributed by atoms with Crippen molar-refractivity contribution in [2.75, 3.05) is 13.2 Å². The second kappa shape index (κ2) is 10.5. The van der Waals surface area contributed by atoms with Crippen LogP contribution in [-0.4, -0.2) is 33.9 Å². The van der Waals surface area contributed by atoms with Gasteiger partial charge in [0.1, 0.15) is 11.5 Å². The van der Waals surface area contributed by atoms with Crippen molar-refractivity contribution in [3.63, 3.8) is 0 Å². The SMILES string of the molecule is Cc1c(C)c(OC2CCCCO2)c(CCC[Si](C)(C)C)c(C)c1OC1CCCCO1. The Bertz CT molecular complexity index is 698. The molecule has 0 N–H and O–H groups in total. The third-order valence-corrected chi connectivity index (χ3v) is 8.29.